The van der Waals surface area contributed by atoms with Crippen LogP contribution in [0, 0.1) is 0 Å². The summed E-state index contributed by atoms with van der Waals surface area (Å²) in [6.07, 6.45) is -0.138. The lowest BCUT2D eigenvalue weighted by molar-refractivity contribution is -0.136. The third-order valence-electron chi connectivity index (χ3n) is 2.34. The van der Waals surface area contributed by atoms with E-state index in [0.717, 1.165) is 11.3 Å². The van der Waals surface area contributed by atoms with E-state index in [-0.39, 0.29) is 6.42 Å². The lowest BCUT2D eigenvalue weighted by Crippen LogP contribution is -1.99. The molecule has 1 aromatic carbocycles. The van der Waals surface area contributed by atoms with Crippen molar-refractivity contribution in [3.05, 3.63) is 36.0 Å². The van der Waals surface area contributed by atoms with Gasteiger partial charge in [0.15, 0.2) is 5.76 Å². The number of ether oxygens (including phenoxy) is 1. The molecule has 0 amide bonds. The van der Waals surface area contributed by atoms with Gasteiger partial charge in [0.25, 0.3) is 0 Å². The predicted octanol–water partition coefficient (Wildman–Crippen LogP) is 2.37. The maximum absolute atomic E-state index is 10.5. The zero-order valence-electron chi connectivity index (χ0n) is 9.92. The number of carboxylic acids is 1. The van der Waals surface area contributed by atoms with Crippen molar-refractivity contribution in [3.63, 3.8) is 0 Å². The molecule has 5 heteroatoms. The summed E-state index contributed by atoms with van der Waals surface area (Å²) in [6, 6.07) is 8.98. The van der Waals surface area contributed by atoms with Crippen molar-refractivity contribution in [2.75, 3.05) is 6.61 Å². The standard InChI is InChI=1S/C13H13NO4/c1-2-17-11-5-3-9(4-6-11)12-7-10(14-18-12)8-13(15)16/h3-7H,2,8H2,1H3,(H,15,16). The minimum absolute atomic E-state index is 0.138. The van der Waals surface area contributed by atoms with Crippen molar-refractivity contribution in [2.24, 2.45) is 0 Å². The monoisotopic (exact) mass is 247 g/mol. The fourth-order valence-corrected chi connectivity index (χ4v) is 1.57. The highest BCUT2D eigenvalue weighted by atomic mass is 16.5. The van der Waals surface area contributed by atoms with E-state index in [2.05, 4.69) is 5.16 Å². The van der Waals surface area contributed by atoms with Gasteiger partial charge < -0.3 is 14.4 Å². The molecule has 18 heavy (non-hydrogen) atoms. The molecule has 0 fully saturated rings. The van der Waals surface area contributed by atoms with Crippen LogP contribution in [0.5, 0.6) is 5.75 Å². The van der Waals surface area contributed by atoms with Gasteiger partial charge in [0.05, 0.1) is 18.7 Å². The highest BCUT2D eigenvalue weighted by Gasteiger charge is 2.09. The van der Waals surface area contributed by atoms with Crippen LogP contribution < -0.4 is 4.74 Å². The quantitative estimate of drug-likeness (QED) is 0.878. The zero-order chi connectivity index (χ0) is 13.0. The van der Waals surface area contributed by atoms with Crippen LogP contribution in [0.4, 0.5) is 0 Å². The van der Waals surface area contributed by atoms with Crippen molar-refractivity contribution in [1.29, 1.82) is 0 Å². The highest BCUT2D eigenvalue weighted by molar-refractivity contribution is 5.70. The molecule has 0 aliphatic carbocycles. The lowest BCUT2D eigenvalue weighted by atomic mass is 10.1. The molecule has 0 bridgehead atoms. The molecule has 0 spiro atoms. The smallest absolute Gasteiger partial charge is 0.309 e. The summed E-state index contributed by atoms with van der Waals surface area (Å²) < 4.78 is 10.4. The topological polar surface area (TPSA) is 72.6 Å². The average molecular weight is 247 g/mol. The second kappa shape index (κ2) is 5.35. The maximum atomic E-state index is 10.5. The van der Waals surface area contributed by atoms with Crippen LogP contribution in [0.1, 0.15) is 12.6 Å². The molecule has 1 heterocycles. The number of hydrogen-bond acceptors (Lipinski definition) is 4. The number of hydrogen-bond donors (Lipinski definition) is 1. The molecule has 2 aromatic rings. The van der Waals surface area contributed by atoms with Crippen LogP contribution in [0.2, 0.25) is 0 Å². The van der Waals surface area contributed by atoms with E-state index in [4.69, 9.17) is 14.4 Å². The molecule has 5 nitrogen and oxygen atoms in total. The second-order valence-electron chi connectivity index (χ2n) is 3.71. The fraction of sp³-hybridized carbons (Fsp3) is 0.231. The Morgan fingerprint density at radius 1 is 1.39 bits per heavy atom. The van der Waals surface area contributed by atoms with E-state index in [1.165, 1.54) is 0 Å². The molecule has 1 aromatic heterocycles. The molecule has 0 atom stereocenters. The molecule has 94 valence electrons. The van der Waals surface area contributed by atoms with Gasteiger partial charge in [-0.15, -0.1) is 0 Å². The highest BCUT2D eigenvalue weighted by Crippen LogP contribution is 2.23. The van der Waals surface area contributed by atoms with E-state index >= 15 is 0 Å². The number of nitrogens with zero attached hydrogens (tertiary/aromatic N) is 1. The van der Waals surface area contributed by atoms with Gasteiger partial charge in [-0.25, -0.2) is 0 Å². The van der Waals surface area contributed by atoms with Crippen LogP contribution in [0.3, 0.4) is 0 Å². The van der Waals surface area contributed by atoms with Crippen molar-refractivity contribution in [1.82, 2.24) is 5.16 Å². The number of rotatable bonds is 5. The third kappa shape index (κ3) is 2.88. The first-order valence-corrected chi connectivity index (χ1v) is 5.59. The Morgan fingerprint density at radius 3 is 2.72 bits per heavy atom. The van der Waals surface area contributed by atoms with Crippen molar-refractivity contribution < 1.29 is 19.2 Å². The van der Waals surface area contributed by atoms with Crippen molar-refractivity contribution >= 4 is 5.97 Å². The molecule has 0 saturated carbocycles. The van der Waals surface area contributed by atoms with Gasteiger partial charge in [-0.1, -0.05) is 5.16 Å². The molecule has 1 N–H and O–H groups in total. The SMILES string of the molecule is CCOc1ccc(-c2cc(CC(=O)O)no2)cc1. The first-order chi connectivity index (χ1) is 8.69. The normalized spacial score (nSPS) is 10.3. The van der Waals surface area contributed by atoms with E-state index in [1.807, 2.05) is 31.2 Å². The van der Waals surface area contributed by atoms with Crippen molar-refractivity contribution in [3.8, 4) is 17.1 Å². The summed E-state index contributed by atoms with van der Waals surface area (Å²) in [4.78, 5) is 10.5. The molecular formula is C13H13NO4. The van der Waals surface area contributed by atoms with Crippen LogP contribution >= 0.6 is 0 Å². The Hall–Kier alpha value is -2.30. The van der Waals surface area contributed by atoms with E-state index in [9.17, 15) is 4.79 Å². The predicted molar refractivity (Wildman–Crippen MR) is 64.4 cm³/mol. The molecule has 0 unspecified atom stereocenters. The molecule has 0 aliphatic rings. The Bertz CT molecular complexity index is 530. The minimum Gasteiger partial charge on any atom is -0.494 e. The van der Waals surface area contributed by atoms with Crippen molar-refractivity contribution in [2.45, 2.75) is 13.3 Å². The Balaban J connectivity index is 2.15. The first-order valence-electron chi connectivity index (χ1n) is 5.59. The summed E-state index contributed by atoms with van der Waals surface area (Å²) in [5.74, 6) is 0.405. The summed E-state index contributed by atoms with van der Waals surface area (Å²) in [7, 11) is 0. The molecule has 2 rings (SSSR count). The number of carbonyl (C=O) groups is 1. The number of aromatic nitrogens is 1. The molecule has 0 radical (unpaired) electrons. The van der Waals surface area contributed by atoms with Crippen LogP contribution in [0.25, 0.3) is 11.3 Å². The Kier molecular flexibility index (Phi) is 3.62. The lowest BCUT2D eigenvalue weighted by Gasteiger charge is -2.02. The van der Waals surface area contributed by atoms with Gasteiger partial charge in [0.1, 0.15) is 5.75 Å². The molecule has 0 aliphatic heterocycles. The first kappa shape index (κ1) is 12.2. The van der Waals surface area contributed by atoms with Crippen LogP contribution in [0.15, 0.2) is 34.9 Å². The van der Waals surface area contributed by atoms with Crippen LogP contribution in [-0.2, 0) is 11.2 Å². The largest absolute Gasteiger partial charge is 0.494 e. The third-order valence-corrected chi connectivity index (χ3v) is 2.34. The minimum atomic E-state index is -0.929. The Morgan fingerprint density at radius 2 is 2.11 bits per heavy atom. The maximum Gasteiger partial charge on any atom is 0.309 e. The van der Waals surface area contributed by atoms with Gasteiger partial charge in [-0.05, 0) is 31.2 Å². The summed E-state index contributed by atoms with van der Waals surface area (Å²) in [6.45, 7) is 2.53. The summed E-state index contributed by atoms with van der Waals surface area (Å²) in [5.41, 5.74) is 1.24. The van der Waals surface area contributed by atoms with E-state index in [1.54, 1.807) is 6.07 Å². The summed E-state index contributed by atoms with van der Waals surface area (Å²) >= 11 is 0. The van der Waals surface area contributed by atoms with Gasteiger partial charge in [-0.2, -0.15) is 0 Å². The van der Waals surface area contributed by atoms with E-state index < -0.39 is 5.97 Å². The van der Waals surface area contributed by atoms with Crippen LogP contribution in [-0.4, -0.2) is 22.8 Å². The van der Waals surface area contributed by atoms with Gasteiger partial charge in [0, 0.05) is 11.6 Å². The molecular weight excluding hydrogens is 234 g/mol. The zero-order valence-corrected chi connectivity index (χ0v) is 9.92. The van der Waals surface area contributed by atoms with Gasteiger partial charge in [0.2, 0.25) is 0 Å². The number of benzene rings is 1. The van der Waals surface area contributed by atoms with E-state index in [0.29, 0.717) is 18.1 Å². The number of aliphatic carboxylic acids is 1. The Labute approximate surface area is 104 Å². The fourth-order valence-electron chi connectivity index (χ4n) is 1.57. The molecule has 0 saturated heterocycles. The summed E-state index contributed by atoms with van der Waals surface area (Å²) in [5, 5.41) is 12.3. The second-order valence-corrected chi connectivity index (χ2v) is 3.71. The van der Waals surface area contributed by atoms with Gasteiger partial charge in [-0.3, -0.25) is 4.79 Å². The van der Waals surface area contributed by atoms with Gasteiger partial charge >= 0.3 is 5.97 Å². The number of carboxylic acid groups (broad SMARTS) is 1. The average Bonchev–Trinajstić information content (AvgIpc) is 2.78.